The van der Waals surface area contributed by atoms with Gasteiger partial charge in [0.05, 0.1) is 13.7 Å². The van der Waals surface area contributed by atoms with Crippen molar-refractivity contribution in [1.82, 2.24) is 5.32 Å². The van der Waals surface area contributed by atoms with E-state index >= 15 is 0 Å². The molecule has 0 spiro atoms. The summed E-state index contributed by atoms with van der Waals surface area (Å²) in [4.78, 5) is 11.6. The van der Waals surface area contributed by atoms with E-state index in [1.807, 2.05) is 24.3 Å². The predicted octanol–water partition coefficient (Wildman–Crippen LogP) is 1.70. The molecule has 0 aliphatic carbocycles. The van der Waals surface area contributed by atoms with Crippen molar-refractivity contribution in [3.63, 3.8) is 0 Å². The first-order valence-electron chi connectivity index (χ1n) is 5.91. The van der Waals surface area contributed by atoms with Crippen LogP contribution in [0.3, 0.4) is 0 Å². The highest BCUT2D eigenvalue weighted by Gasteiger charge is 2.18. The van der Waals surface area contributed by atoms with Crippen LogP contribution in [0.4, 0.5) is 0 Å². The third-order valence-electron chi connectivity index (χ3n) is 2.47. The van der Waals surface area contributed by atoms with Gasteiger partial charge in [-0.3, -0.25) is 10.1 Å². The number of methoxy groups -OCH3 is 1. The average molecular weight is 304 g/mol. The zero-order chi connectivity index (χ0) is 14.1. The fourth-order valence-corrected chi connectivity index (χ4v) is 2.37. The van der Waals surface area contributed by atoms with Crippen LogP contribution in [0.2, 0.25) is 5.02 Å². The molecule has 0 aliphatic heterocycles. The van der Waals surface area contributed by atoms with E-state index in [0.717, 1.165) is 5.56 Å². The zero-order valence-electron chi connectivity index (χ0n) is 10.8. The minimum Gasteiger partial charge on any atom is -0.468 e. The van der Waals surface area contributed by atoms with Crippen LogP contribution in [0.15, 0.2) is 24.3 Å². The van der Waals surface area contributed by atoms with Crippen molar-refractivity contribution in [3.05, 3.63) is 34.9 Å². The van der Waals surface area contributed by atoms with Gasteiger partial charge < -0.3 is 9.84 Å². The first kappa shape index (κ1) is 16.3. The lowest BCUT2D eigenvalue weighted by Crippen LogP contribution is -2.39. The second-order valence-electron chi connectivity index (χ2n) is 3.88. The summed E-state index contributed by atoms with van der Waals surface area (Å²) in [5, 5.41) is 12.6. The van der Waals surface area contributed by atoms with Crippen LogP contribution in [0.5, 0.6) is 0 Å². The van der Waals surface area contributed by atoms with E-state index in [1.54, 1.807) is 0 Å². The first-order valence-corrected chi connectivity index (χ1v) is 7.45. The van der Waals surface area contributed by atoms with Crippen LogP contribution >= 0.6 is 23.4 Å². The lowest BCUT2D eigenvalue weighted by atomic mass is 10.2. The Morgan fingerprint density at radius 2 is 2.16 bits per heavy atom. The van der Waals surface area contributed by atoms with Gasteiger partial charge in [0.15, 0.2) is 0 Å². The molecule has 2 N–H and O–H groups in total. The summed E-state index contributed by atoms with van der Waals surface area (Å²) in [6.07, 6.45) is 0. The number of aliphatic hydroxyl groups is 1. The van der Waals surface area contributed by atoms with Crippen LogP contribution in [0.25, 0.3) is 0 Å². The van der Waals surface area contributed by atoms with Crippen molar-refractivity contribution in [2.75, 3.05) is 25.2 Å². The summed E-state index contributed by atoms with van der Waals surface area (Å²) in [5.74, 6) is 0.885. The maximum atomic E-state index is 11.6. The number of aliphatic hydroxyl groups excluding tert-OH is 1. The Labute approximate surface area is 122 Å². The third-order valence-corrected chi connectivity index (χ3v) is 3.76. The molecule has 1 atom stereocenters. The van der Waals surface area contributed by atoms with E-state index < -0.39 is 0 Å². The van der Waals surface area contributed by atoms with Gasteiger partial charge in [-0.05, 0) is 17.7 Å². The molecule has 0 amide bonds. The normalized spacial score (nSPS) is 12.2. The molecular weight excluding hydrogens is 286 g/mol. The van der Waals surface area contributed by atoms with E-state index in [9.17, 15) is 4.79 Å². The van der Waals surface area contributed by atoms with Crippen molar-refractivity contribution in [3.8, 4) is 0 Å². The number of thioether (sulfide) groups is 1. The number of hydrogen-bond acceptors (Lipinski definition) is 5. The van der Waals surface area contributed by atoms with Crippen LogP contribution < -0.4 is 5.32 Å². The molecule has 19 heavy (non-hydrogen) atoms. The number of hydrogen-bond donors (Lipinski definition) is 2. The maximum Gasteiger partial charge on any atom is 0.323 e. The van der Waals surface area contributed by atoms with Crippen molar-refractivity contribution in [1.29, 1.82) is 0 Å². The number of carbonyl (C=O) groups excluding carboxylic acids is 1. The minimum absolute atomic E-state index is 0.107. The van der Waals surface area contributed by atoms with Crippen LogP contribution in [0, 0.1) is 0 Å². The van der Waals surface area contributed by atoms with Gasteiger partial charge in [-0.15, -0.1) is 0 Å². The third kappa shape index (κ3) is 6.29. The van der Waals surface area contributed by atoms with Gasteiger partial charge in [-0.1, -0.05) is 23.7 Å². The quantitative estimate of drug-likeness (QED) is 0.565. The first-order chi connectivity index (χ1) is 9.17. The number of esters is 1. The minimum atomic E-state index is -0.378. The Kier molecular flexibility index (Phi) is 7.90. The van der Waals surface area contributed by atoms with Crippen LogP contribution in [-0.4, -0.2) is 42.3 Å². The van der Waals surface area contributed by atoms with E-state index in [2.05, 4.69) is 5.32 Å². The highest BCUT2D eigenvalue weighted by atomic mass is 35.5. The number of benzene rings is 1. The standard InChI is InChI=1S/C13H18ClNO3S/c1-18-13(17)12(9-19-7-6-16)15-8-10-2-4-11(14)5-3-10/h2-5,12,15-16H,6-9H2,1H3/t12-/m0/s1. The molecule has 0 heterocycles. The van der Waals surface area contributed by atoms with Gasteiger partial charge >= 0.3 is 5.97 Å². The summed E-state index contributed by atoms with van der Waals surface area (Å²) in [6.45, 7) is 0.673. The zero-order valence-corrected chi connectivity index (χ0v) is 12.3. The molecular formula is C13H18ClNO3S. The summed E-state index contributed by atoms with van der Waals surface area (Å²) in [7, 11) is 1.37. The molecule has 0 unspecified atom stereocenters. The molecule has 0 fully saturated rings. The molecule has 6 heteroatoms. The van der Waals surface area contributed by atoms with Gasteiger partial charge in [0.25, 0.3) is 0 Å². The van der Waals surface area contributed by atoms with E-state index in [4.69, 9.17) is 21.4 Å². The summed E-state index contributed by atoms with van der Waals surface area (Å²) >= 11 is 7.32. The molecule has 1 aromatic carbocycles. The van der Waals surface area contributed by atoms with Gasteiger partial charge in [-0.25, -0.2) is 0 Å². The second kappa shape index (κ2) is 9.20. The van der Waals surface area contributed by atoms with E-state index in [0.29, 0.717) is 23.1 Å². The number of ether oxygens (including phenoxy) is 1. The monoisotopic (exact) mass is 303 g/mol. The van der Waals surface area contributed by atoms with Gasteiger partial charge in [0.1, 0.15) is 6.04 Å². The molecule has 0 aliphatic rings. The summed E-state index contributed by atoms with van der Waals surface area (Å²) < 4.78 is 4.75. The van der Waals surface area contributed by atoms with Gasteiger partial charge in [-0.2, -0.15) is 11.8 Å². The number of rotatable bonds is 8. The largest absolute Gasteiger partial charge is 0.468 e. The molecule has 0 saturated carbocycles. The molecule has 1 aromatic rings. The maximum absolute atomic E-state index is 11.6. The lowest BCUT2D eigenvalue weighted by Gasteiger charge is -2.16. The van der Waals surface area contributed by atoms with E-state index in [1.165, 1.54) is 18.9 Å². The van der Waals surface area contributed by atoms with Crippen LogP contribution in [-0.2, 0) is 16.1 Å². The SMILES string of the molecule is COC(=O)[C@H](CSCCO)NCc1ccc(Cl)cc1. The summed E-state index contributed by atoms with van der Waals surface area (Å²) in [5.41, 5.74) is 1.05. The smallest absolute Gasteiger partial charge is 0.323 e. The average Bonchev–Trinajstić information content (AvgIpc) is 2.43. The van der Waals surface area contributed by atoms with Crippen molar-refractivity contribution in [2.45, 2.75) is 12.6 Å². The molecule has 1 rings (SSSR count). The second-order valence-corrected chi connectivity index (χ2v) is 5.47. The Bertz CT molecular complexity index is 386. The lowest BCUT2D eigenvalue weighted by molar-refractivity contribution is -0.142. The molecule has 0 saturated heterocycles. The molecule has 4 nitrogen and oxygen atoms in total. The molecule has 0 bridgehead atoms. The fourth-order valence-electron chi connectivity index (χ4n) is 1.46. The van der Waals surface area contributed by atoms with Gasteiger partial charge in [0.2, 0.25) is 0 Å². The van der Waals surface area contributed by atoms with Gasteiger partial charge in [0, 0.05) is 23.1 Å². The highest BCUT2D eigenvalue weighted by molar-refractivity contribution is 7.99. The molecule has 0 radical (unpaired) electrons. The van der Waals surface area contributed by atoms with Crippen molar-refractivity contribution >= 4 is 29.3 Å². The topological polar surface area (TPSA) is 58.6 Å². The summed E-state index contributed by atoms with van der Waals surface area (Å²) in [6, 6.07) is 7.06. The Hall–Kier alpha value is -0.750. The highest BCUT2D eigenvalue weighted by Crippen LogP contribution is 2.10. The predicted molar refractivity (Wildman–Crippen MR) is 78.5 cm³/mol. The number of nitrogens with one attached hydrogen (secondary N) is 1. The number of halogens is 1. The fraction of sp³-hybridized carbons (Fsp3) is 0.462. The Morgan fingerprint density at radius 3 is 2.74 bits per heavy atom. The van der Waals surface area contributed by atoms with Crippen molar-refractivity contribution in [2.24, 2.45) is 0 Å². The van der Waals surface area contributed by atoms with E-state index in [-0.39, 0.29) is 18.6 Å². The number of carbonyl (C=O) groups is 1. The molecule has 106 valence electrons. The van der Waals surface area contributed by atoms with Crippen LogP contribution in [0.1, 0.15) is 5.56 Å². The molecule has 0 aromatic heterocycles. The van der Waals surface area contributed by atoms with Crippen molar-refractivity contribution < 1.29 is 14.6 Å². The Balaban J connectivity index is 2.47. The Morgan fingerprint density at radius 1 is 1.47 bits per heavy atom.